The molecule has 1 aliphatic carbocycles. The maximum Gasteiger partial charge on any atom is 0.236 e. The van der Waals surface area contributed by atoms with Gasteiger partial charge in [0.15, 0.2) is 5.67 Å². The van der Waals surface area contributed by atoms with E-state index >= 15 is 0 Å². The Kier molecular flexibility index (Phi) is 18.7. The first-order valence-electron chi connectivity index (χ1n) is 15.8. The highest BCUT2D eigenvalue weighted by Gasteiger charge is 2.39. The predicted molar refractivity (Wildman–Crippen MR) is 174 cm³/mol. The lowest BCUT2D eigenvalue weighted by atomic mass is 9.90. The summed E-state index contributed by atoms with van der Waals surface area (Å²) in [6.45, 7) is 10.5. The number of carbonyl (C=O) groups is 2. The molecule has 0 aromatic heterocycles. The zero-order valence-corrected chi connectivity index (χ0v) is 28.2. The summed E-state index contributed by atoms with van der Waals surface area (Å²) in [5.41, 5.74) is 0.990. The van der Waals surface area contributed by atoms with Crippen LogP contribution in [0.5, 0.6) is 5.75 Å². The molecular formula is C34H56F2N4O4. The smallest absolute Gasteiger partial charge is 0.236 e. The van der Waals surface area contributed by atoms with Gasteiger partial charge in [-0.05, 0) is 81.5 Å². The maximum atomic E-state index is 14.5. The molecule has 250 valence electrons. The van der Waals surface area contributed by atoms with Crippen LogP contribution in [0.3, 0.4) is 0 Å². The molecule has 1 aromatic carbocycles. The molecule has 0 radical (unpaired) electrons. The van der Waals surface area contributed by atoms with Crippen LogP contribution in [0.1, 0.15) is 64.0 Å². The van der Waals surface area contributed by atoms with Crippen molar-refractivity contribution in [2.45, 2.75) is 78.0 Å². The number of aryl methyl sites for hydroxylation is 1. The summed E-state index contributed by atoms with van der Waals surface area (Å²) in [5, 5.41) is 6.13. The number of ether oxygens (including phenoxy) is 2. The normalized spacial score (nSPS) is 17.6. The van der Waals surface area contributed by atoms with Crippen LogP contribution in [0.4, 0.5) is 8.78 Å². The van der Waals surface area contributed by atoms with Crippen molar-refractivity contribution in [3.05, 3.63) is 52.9 Å². The first-order valence-corrected chi connectivity index (χ1v) is 15.8. The zero-order valence-electron chi connectivity index (χ0n) is 28.2. The third-order valence-electron chi connectivity index (χ3n) is 7.16. The molecule has 2 rings (SSSR count). The van der Waals surface area contributed by atoms with Gasteiger partial charge in [-0.3, -0.25) is 9.59 Å². The first kappa shape index (κ1) is 39.2. The van der Waals surface area contributed by atoms with Crippen molar-refractivity contribution in [3.63, 3.8) is 0 Å². The van der Waals surface area contributed by atoms with Crippen LogP contribution in [0.15, 0.2) is 41.8 Å². The number of rotatable bonds is 18. The Balaban J connectivity index is 0.000000442. The van der Waals surface area contributed by atoms with E-state index in [1.165, 1.54) is 35.1 Å². The molecule has 0 aliphatic heterocycles. The highest BCUT2D eigenvalue weighted by Crippen LogP contribution is 2.35. The van der Waals surface area contributed by atoms with Gasteiger partial charge in [0.25, 0.3) is 0 Å². The Morgan fingerprint density at radius 1 is 0.932 bits per heavy atom. The summed E-state index contributed by atoms with van der Waals surface area (Å²) >= 11 is 0. The van der Waals surface area contributed by atoms with Gasteiger partial charge in [0.2, 0.25) is 11.8 Å². The number of likely N-dealkylation sites (N-methyl/N-ethyl adjacent to an activating group) is 2. The van der Waals surface area contributed by atoms with E-state index < -0.39 is 17.6 Å². The quantitative estimate of drug-likeness (QED) is 0.220. The Hall–Kier alpha value is -2.82. The van der Waals surface area contributed by atoms with Crippen molar-refractivity contribution in [1.29, 1.82) is 0 Å². The number of nitrogens with zero attached hydrogens (tertiary/aromatic N) is 2. The number of benzene rings is 1. The molecular weight excluding hydrogens is 566 g/mol. The molecule has 44 heavy (non-hydrogen) atoms. The van der Waals surface area contributed by atoms with E-state index in [0.29, 0.717) is 31.7 Å². The van der Waals surface area contributed by atoms with Gasteiger partial charge in [0.1, 0.15) is 17.7 Å². The standard InChI is InChI=1S/C17H28F2N2O2.C17H28N2O2/c1-5-6-11-23-16-15(18)13(7-9-17(16,2)19)8-10-20-12-14(22)21(3)4;1-5-6-11-21-16-12-15(8-7-14(16)2)9-10-18-13-17(20)19(3)4/h7,9,16,20H,5-6,8,10-12H2,1-4H3;7-8,12,18H,5-6,9-11,13H2,1-4H3. The Morgan fingerprint density at radius 3 is 2.07 bits per heavy atom. The van der Waals surface area contributed by atoms with Crippen LogP contribution < -0.4 is 15.4 Å². The average Bonchev–Trinajstić information content (AvgIpc) is 2.97. The molecule has 0 heterocycles. The van der Waals surface area contributed by atoms with E-state index in [0.717, 1.165) is 51.0 Å². The van der Waals surface area contributed by atoms with E-state index in [9.17, 15) is 18.4 Å². The maximum absolute atomic E-state index is 14.5. The number of nitrogens with one attached hydrogen (secondary N) is 2. The highest BCUT2D eigenvalue weighted by molar-refractivity contribution is 5.77. The largest absolute Gasteiger partial charge is 0.493 e. The van der Waals surface area contributed by atoms with Crippen molar-refractivity contribution in [2.75, 3.05) is 67.6 Å². The zero-order chi connectivity index (χ0) is 33.1. The van der Waals surface area contributed by atoms with Crippen molar-refractivity contribution in [2.24, 2.45) is 0 Å². The second-order valence-electron chi connectivity index (χ2n) is 11.7. The summed E-state index contributed by atoms with van der Waals surface area (Å²) in [7, 11) is 6.89. The van der Waals surface area contributed by atoms with Crippen molar-refractivity contribution in [3.8, 4) is 5.75 Å². The van der Waals surface area contributed by atoms with Crippen LogP contribution in [0.25, 0.3) is 0 Å². The molecule has 0 spiro atoms. The lowest BCUT2D eigenvalue weighted by Crippen LogP contribution is -2.39. The van der Waals surface area contributed by atoms with Gasteiger partial charge in [-0.15, -0.1) is 0 Å². The summed E-state index contributed by atoms with van der Waals surface area (Å²) in [5.74, 6) is 0.484. The molecule has 2 amide bonds. The fraction of sp³-hybridized carbons (Fsp3) is 0.647. The van der Waals surface area contributed by atoms with Crippen molar-refractivity contribution < 1.29 is 27.8 Å². The number of alkyl halides is 1. The Bertz CT molecular complexity index is 1070. The van der Waals surface area contributed by atoms with E-state index in [2.05, 4.69) is 42.7 Å². The minimum absolute atomic E-state index is 0.0456. The SMILES string of the molecule is CCCCOC1C(F)=C(CCNCC(=O)N(C)C)C=CC1(C)F.CCCCOc1cc(CCNCC(=O)N(C)C)ccc1C. The van der Waals surface area contributed by atoms with Crippen LogP contribution >= 0.6 is 0 Å². The van der Waals surface area contributed by atoms with Crippen molar-refractivity contribution >= 4 is 11.8 Å². The monoisotopic (exact) mass is 622 g/mol. The number of hydrogen-bond acceptors (Lipinski definition) is 6. The molecule has 8 nitrogen and oxygen atoms in total. The summed E-state index contributed by atoms with van der Waals surface area (Å²) in [6.07, 6.45) is 6.83. The van der Waals surface area contributed by atoms with Crippen LogP contribution in [-0.2, 0) is 20.7 Å². The highest BCUT2D eigenvalue weighted by atomic mass is 19.2. The minimum Gasteiger partial charge on any atom is -0.493 e. The molecule has 0 saturated heterocycles. The number of carbonyl (C=O) groups excluding carboxylic acids is 2. The third-order valence-corrected chi connectivity index (χ3v) is 7.16. The van der Waals surface area contributed by atoms with Gasteiger partial charge < -0.3 is 29.9 Å². The van der Waals surface area contributed by atoms with E-state index in [1.807, 2.05) is 6.92 Å². The number of allylic oxidation sites excluding steroid dienone is 1. The first-order chi connectivity index (χ1) is 20.8. The molecule has 1 aromatic rings. The lowest BCUT2D eigenvalue weighted by Gasteiger charge is -2.31. The second-order valence-corrected chi connectivity index (χ2v) is 11.7. The number of hydrogen-bond donors (Lipinski definition) is 2. The molecule has 0 fully saturated rings. The second kappa shape index (κ2) is 21.0. The van der Waals surface area contributed by atoms with Crippen molar-refractivity contribution in [1.82, 2.24) is 20.4 Å². The molecule has 1 aliphatic rings. The number of unbranched alkanes of at least 4 members (excludes halogenated alkanes) is 2. The van der Waals surface area contributed by atoms with Crippen LogP contribution in [-0.4, -0.2) is 101 Å². The van der Waals surface area contributed by atoms with Gasteiger partial charge in [-0.25, -0.2) is 8.78 Å². The van der Waals surface area contributed by atoms with Crippen LogP contribution in [0, 0.1) is 6.92 Å². The summed E-state index contributed by atoms with van der Waals surface area (Å²) < 4.78 is 40.2. The molecule has 2 N–H and O–H groups in total. The molecule has 0 saturated carbocycles. The Labute approximate surface area is 264 Å². The fourth-order valence-corrected chi connectivity index (χ4v) is 4.08. The topological polar surface area (TPSA) is 83.1 Å². The van der Waals surface area contributed by atoms with Gasteiger partial charge >= 0.3 is 0 Å². The Morgan fingerprint density at radius 2 is 1.50 bits per heavy atom. The van der Waals surface area contributed by atoms with Gasteiger partial charge in [0, 0.05) is 34.8 Å². The summed E-state index contributed by atoms with van der Waals surface area (Å²) in [6, 6.07) is 6.33. The molecule has 2 atom stereocenters. The third kappa shape index (κ3) is 14.8. The van der Waals surface area contributed by atoms with Gasteiger partial charge in [-0.2, -0.15) is 0 Å². The minimum atomic E-state index is -1.84. The molecule has 0 bridgehead atoms. The van der Waals surface area contributed by atoms with Gasteiger partial charge in [-0.1, -0.05) is 44.9 Å². The lowest BCUT2D eigenvalue weighted by molar-refractivity contribution is -0.128. The van der Waals surface area contributed by atoms with Gasteiger partial charge in [0.05, 0.1) is 19.7 Å². The summed E-state index contributed by atoms with van der Waals surface area (Å²) in [4.78, 5) is 26.0. The number of halogens is 2. The van der Waals surface area contributed by atoms with Crippen LogP contribution in [0.2, 0.25) is 0 Å². The van der Waals surface area contributed by atoms with E-state index in [1.54, 1.807) is 33.1 Å². The average molecular weight is 623 g/mol. The predicted octanol–water partition coefficient (Wildman–Crippen LogP) is 5.16. The molecule has 2 unspecified atom stereocenters. The number of amides is 2. The fourth-order valence-electron chi connectivity index (χ4n) is 4.08. The van der Waals surface area contributed by atoms with E-state index in [-0.39, 0.29) is 18.4 Å². The molecule has 10 heteroatoms. The van der Waals surface area contributed by atoms with E-state index in [4.69, 9.17) is 9.47 Å².